The highest BCUT2D eigenvalue weighted by atomic mass is 16.1. The standard InChI is InChI=1S/C14H20O/c1-3-10-11(4-2)14-12-6-8(13(10)14)5-9(12)7-15/h7-9,12-14H,3-6H2,1-2H3/t8-,9-,12-,13-,14-/m0/s1. The first kappa shape index (κ1) is 9.62. The molecule has 0 aromatic carbocycles. The Morgan fingerprint density at radius 1 is 1.13 bits per heavy atom. The Labute approximate surface area is 91.9 Å². The van der Waals surface area contributed by atoms with E-state index in [9.17, 15) is 4.79 Å². The molecule has 2 saturated carbocycles. The predicted molar refractivity (Wildman–Crippen MR) is 60.4 cm³/mol. The van der Waals surface area contributed by atoms with Crippen molar-refractivity contribution in [1.82, 2.24) is 0 Å². The number of carbonyl (C=O) groups excluding carboxylic acids is 1. The lowest BCUT2D eigenvalue weighted by molar-refractivity contribution is -0.113. The fraction of sp³-hybridized carbons (Fsp3) is 0.786. The number of carbonyl (C=O) groups is 1. The summed E-state index contributed by atoms with van der Waals surface area (Å²) in [5.41, 5.74) is 3.49. The summed E-state index contributed by atoms with van der Waals surface area (Å²) in [4.78, 5) is 11.0. The van der Waals surface area contributed by atoms with Crippen LogP contribution in [0, 0.1) is 29.6 Å². The van der Waals surface area contributed by atoms with Crippen molar-refractivity contribution in [2.24, 2.45) is 29.6 Å². The predicted octanol–water partition coefficient (Wildman–Crippen LogP) is 3.20. The number of fused-ring (bicyclic) bond motifs is 5. The molecule has 1 heteroatoms. The highest BCUT2D eigenvalue weighted by molar-refractivity contribution is 5.57. The smallest absolute Gasteiger partial charge is 0.123 e. The molecule has 15 heavy (non-hydrogen) atoms. The fourth-order valence-electron chi connectivity index (χ4n) is 4.80. The highest BCUT2D eigenvalue weighted by Crippen LogP contribution is 2.66. The monoisotopic (exact) mass is 204 g/mol. The summed E-state index contributed by atoms with van der Waals surface area (Å²) >= 11 is 0. The third kappa shape index (κ3) is 1.02. The van der Waals surface area contributed by atoms with Crippen molar-refractivity contribution >= 4 is 6.29 Å². The van der Waals surface area contributed by atoms with Crippen LogP contribution in [0.4, 0.5) is 0 Å². The van der Waals surface area contributed by atoms with Crippen molar-refractivity contribution in [2.45, 2.75) is 39.5 Å². The lowest BCUT2D eigenvalue weighted by atomic mass is 9.58. The molecular weight excluding hydrogens is 184 g/mol. The van der Waals surface area contributed by atoms with E-state index in [4.69, 9.17) is 0 Å². The third-order valence-corrected chi connectivity index (χ3v) is 5.21. The van der Waals surface area contributed by atoms with Gasteiger partial charge in [-0.2, -0.15) is 0 Å². The topological polar surface area (TPSA) is 17.1 Å². The molecule has 0 spiro atoms. The molecule has 3 aliphatic carbocycles. The second-order valence-corrected chi connectivity index (χ2v) is 5.50. The minimum atomic E-state index is 0.399. The lowest BCUT2D eigenvalue weighted by Gasteiger charge is -2.46. The molecule has 2 fully saturated rings. The van der Waals surface area contributed by atoms with Crippen molar-refractivity contribution in [2.75, 3.05) is 0 Å². The molecule has 0 aromatic rings. The van der Waals surface area contributed by atoms with Crippen molar-refractivity contribution in [3.8, 4) is 0 Å². The summed E-state index contributed by atoms with van der Waals surface area (Å²) in [6.45, 7) is 4.58. The van der Waals surface area contributed by atoms with E-state index in [1.165, 1.54) is 32.0 Å². The molecule has 0 heterocycles. The average molecular weight is 204 g/mol. The summed E-state index contributed by atoms with van der Waals surface area (Å²) in [6.07, 6.45) is 6.23. The SMILES string of the molecule is CCC1=C(CC)[C@H]2[C@H]3C[C@H](C[C@H]3C=O)[C@@H]12. The van der Waals surface area contributed by atoms with E-state index in [2.05, 4.69) is 13.8 Å². The van der Waals surface area contributed by atoms with Crippen LogP contribution >= 0.6 is 0 Å². The van der Waals surface area contributed by atoms with Gasteiger partial charge in [-0.3, -0.25) is 0 Å². The van der Waals surface area contributed by atoms with Gasteiger partial charge < -0.3 is 4.79 Å². The highest BCUT2D eigenvalue weighted by Gasteiger charge is 2.58. The van der Waals surface area contributed by atoms with E-state index in [1.54, 1.807) is 11.1 Å². The Morgan fingerprint density at radius 2 is 1.80 bits per heavy atom. The van der Waals surface area contributed by atoms with Crippen LogP contribution < -0.4 is 0 Å². The molecule has 5 atom stereocenters. The Kier molecular flexibility index (Phi) is 2.05. The van der Waals surface area contributed by atoms with E-state index in [0.29, 0.717) is 5.92 Å². The molecule has 82 valence electrons. The van der Waals surface area contributed by atoms with E-state index in [0.717, 1.165) is 23.7 Å². The second kappa shape index (κ2) is 3.20. The molecule has 0 aliphatic heterocycles. The van der Waals surface area contributed by atoms with Crippen molar-refractivity contribution < 1.29 is 4.79 Å². The number of allylic oxidation sites excluding steroid dienone is 2. The van der Waals surface area contributed by atoms with Gasteiger partial charge >= 0.3 is 0 Å². The van der Waals surface area contributed by atoms with E-state index in [-0.39, 0.29) is 0 Å². The normalized spacial score (nSPS) is 46.7. The Morgan fingerprint density at radius 3 is 2.40 bits per heavy atom. The molecular formula is C14H20O. The van der Waals surface area contributed by atoms with Crippen LogP contribution in [0.2, 0.25) is 0 Å². The summed E-state index contributed by atoms with van der Waals surface area (Å²) in [5, 5.41) is 0. The molecule has 0 amide bonds. The third-order valence-electron chi connectivity index (χ3n) is 5.21. The maximum atomic E-state index is 11.0. The van der Waals surface area contributed by atoms with Crippen LogP contribution in [0.15, 0.2) is 11.1 Å². The first-order valence-electron chi connectivity index (χ1n) is 6.48. The fourth-order valence-corrected chi connectivity index (χ4v) is 4.80. The number of rotatable bonds is 3. The van der Waals surface area contributed by atoms with Crippen molar-refractivity contribution in [3.63, 3.8) is 0 Å². The van der Waals surface area contributed by atoms with Gasteiger partial charge in [0.15, 0.2) is 0 Å². The zero-order valence-electron chi connectivity index (χ0n) is 9.70. The maximum Gasteiger partial charge on any atom is 0.123 e. The molecule has 3 aliphatic rings. The van der Waals surface area contributed by atoms with Gasteiger partial charge in [-0.25, -0.2) is 0 Å². The van der Waals surface area contributed by atoms with Crippen LogP contribution in [0.1, 0.15) is 39.5 Å². The summed E-state index contributed by atoms with van der Waals surface area (Å²) < 4.78 is 0. The van der Waals surface area contributed by atoms with Gasteiger partial charge in [-0.05, 0) is 49.4 Å². The molecule has 3 rings (SSSR count). The molecule has 0 aromatic heterocycles. The molecule has 0 radical (unpaired) electrons. The van der Waals surface area contributed by atoms with Crippen molar-refractivity contribution in [1.29, 1.82) is 0 Å². The van der Waals surface area contributed by atoms with Gasteiger partial charge in [-0.15, -0.1) is 0 Å². The molecule has 2 bridgehead atoms. The second-order valence-electron chi connectivity index (χ2n) is 5.50. The van der Waals surface area contributed by atoms with E-state index >= 15 is 0 Å². The first-order chi connectivity index (χ1) is 7.31. The van der Waals surface area contributed by atoms with Crippen LogP contribution in [0.3, 0.4) is 0 Å². The molecule has 0 saturated heterocycles. The summed E-state index contributed by atoms with van der Waals surface area (Å²) in [6, 6.07) is 0. The van der Waals surface area contributed by atoms with Gasteiger partial charge in [0.1, 0.15) is 6.29 Å². The zero-order chi connectivity index (χ0) is 10.6. The van der Waals surface area contributed by atoms with Gasteiger partial charge in [0.2, 0.25) is 0 Å². The van der Waals surface area contributed by atoms with Gasteiger partial charge in [0.25, 0.3) is 0 Å². The van der Waals surface area contributed by atoms with Crippen LogP contribution in [-0.2, 0) is 4.79 Å². The van der Waals surface area contributed by atoms with Crippen LogP contribution in [0.25, 0.3) is 0 Å². The minimum absolute atomic E-state index is 0.399. The Balaban J connectivity index is 1.92. The van der Waals surface area contributed by atoms with Crippen molar-refractivity contribution in [3.05, 3.63) is 11.1 Å². The maximum absolute atomic E-state index is 11.0. The quantitative estimate of drug-likeness (QED) is 0.509. The van der Waals surface area contributed by atoms with Gasteiger partial charge in [-0.1, -0.05) is 25.0 Å². The van der Waals surface area contributed by atoms with Gasteiger partial charge in [0.05, 0.1) is 0 Å². The molecule has 0 unspecified atom stereocenters. The minimum Gasteiger partial charge on any atom is -0.303 e. The number of hydrogen-bond acceptors (Lipinski definition) is 1. The summed E-state index contributed by atoms with van der Waals surface area (Å²) in [7, 11) is 0. The number of aldehydes is 1. The molecule has 0 N–H and O–H groups in total. The van der Waals surface area contributed by atoms with Crippen LogP contribution in [-0.4, -0.2) is 6.29 Å². The summed E-state index contributed by atoms with van der Waals surface area (Å²) in [5.74, 6) is 3.70. The average Bonchev–Trinajstić information content (AvgIpc) is 2.73. The van der Waals surface area contributed by atoms with E-state index in [1.807, 2.05) is 0 Å². The van der Waals surface area contributed by atoms with Crippen LogP contribution in [0.5, 0.6) is 0 Å². The number of hydrogen-bond donors (Lipinski definition) is 0. The largest absolute Gasteiger partial charge is 0.303 e. The lowest BCUT2D eigenvalue weighted by Crippen LogP contribution is -2.39. The Bertz CT molecular complexity index is 328. The Hall–Kier alpha value is -0.590. The zero-order valence-corrected chi connectivity index (χ0v) is 9.70. The molecule has 1 nitrogen and oxygen atoms in total. The van der Waals surface area contributed by atoms with Gasteiger partial charge in [0, 0.05) is 5.92 Å². The van der Waals surface area contributed by atoms with E-state index < -0.39 is 0 Å². The first-order valence-corrected chi connectivity index (χ1v) is 6.48.